The van der Waals surface area contributed by atoms with Crippen molar-refractivity contribution < 1.29 is 4.74 Å². The molecule has 0 spiro atoms. The molecule has 1 heterocycles. The first-order chi connectivity index (χ1) is 6.34. The molecule has 1 aromatic heterocycles. The molecule has 2 rings (SSSR count). The second-order valence-electron chi connectivity index (χ2n) is 2.30. The molecule has 0 saturated carbocycles. The summed E-state index contributed by atoms with van der Waals surface area (Å²) in [6.07, 6.45) is 1.60. The number of benzene rings is 1. The molecule has 0 amide bonds. The molecule has 0 fully saturated rings. The van der Waals surface area contributed by atoms with Gasteiger partial charge in [0, 0.05) is 4.47 Å². The average Bonchev–Trinajstić information content (AvgIpc) is 2.62. The molecule has 0 aliphatic rings. The minimum Gasteiger partial charge on any atom is -0.431 e. The van der Waals surface area contributed by atoms with E-state index in [0.29, 0.717) is 5.19 Å². The smallest absolute Gasteiger partial charge is 0.279 e. The number of ether oxygens (including phenoxy) is 1. The van der Waals surface area contributed by atoms with Gasteiger partial charge in [-0.25, -0.2) is 4.98 Å². The molecule has 0 saturated heterocycles. The van der Waals surface area contributed by atoms with Gasteiger partial charge in [0.2, 0.25) is 0 Å². The topological polar surface area (TPSA) is 22.1 Å². The van der Waals surface area contributed by atoms with Gasteiger partial charge in [-0.3, -0.25) is 0 Å². The van der Waals surface area contributed by atoms with Crippen LogP contribution in [0.5, 0.6) is 10.9 Å². The van der Waals surface area contributed by atoms with Crippen molar-refractivity contribution in [1.29, 1.82) is 0 Å². The van der Waals surface area contributed by atoms with Crippen molar-refractivity contribution in [2.24, 2.45) is 0 Å². The third kappa shape index (κ3) is 2.29. The second kappa shape index (κ2) is 3.89. The Labute approximate surface area is 88.3 Å². The highest BCUT2D eigenvalue weighted by Crippen LogP contribution is 2.24. The van der Waals surface area contributed by atoms with E-state index in [0.717, 1.165) is 10.2 Å². The van der Waals surface area contributed by atoms with Crippen LogP contribution in [0.3, 0.4) is 0 Å². The van der Waals surface area contributed by atoms with E-state index in [-0.39, 0.29) is 0 Å². The molecule has 0 unspecified atom stereocenters. The number of hydrogen-bond donors (Lipinski definition) is 0. The molecule has 13 heavy (non-hydrogen) atoms. The van der Waals surface area contributed by atoms with Gasteiger partial charge in [0.15, 0.2) is 0 Å². The lowest BCUT2D eigenvalue weighted by Gasteiger charge is -2.00. The van der Waals surface area contributed by atoms with Gasteiger partial charge in [0.05, 0.1) is 11.6 Å². The fraction of sp³-hybridized carbons (Fsp3) is 0. The van der Waals surface area contributed by atoms with Gasteiger partial charge in [-0.15, -0.1) is 0 Å². The van der Waals surface area contributed by atoms with Crippen molar-refractivity contribution in [3.8, 4) is 10.9 Å². The summed E-state index contributed by atoms with van der Waals surface area (Å²) in [5.74, 6) is 0.784. The Hall–Kier alpha value is -0.870. The van der Waals surface area contributed by atoms with Gasteiger partial charge in [-0.2, -0.15) is 0 Å². The molecular formula is C9H5BrNOS. The molecule has 0 aliphatic carbocycles. The second-order valence-corrected chi connectivity index (χ2v) is 4.00. The van der Waals surface area contributed by atoms with Gasteiger partial charge < -0.3 is 4.74 Å². The van der Waals surface area contributed by atoms with E-state index in [2.05, 4.69) is 26.3 Å². The summed E-state index contributed by atoms with van der Waals surface area (Å²) >= 11 is 4.70. The minimum atomic E-state index is 0.613. The maximum Gasteiger partial charge on any atom is 0.279 e. The number of nitrogens with zero attached hydrogens (tertiary/aromatic N) is 1. The Bertz CT molecular complexity index is 371. The SMILES string of the molecule is Brc1ccc(Oc2nc[c]s2)cc1. The Morgan fingerprint density at radius 1 is 1.31 bits per heavy atom. The van der Waals surface area contributed by atoms with E-state index in [9.17, 15) is 0 Å². The zero-order valence-corrected chi connectivity index (χ0v) is 8.93. The molecule has 65 valence electrons. The Morgan fingerprint density at radius 3 is 2.69 bits per heavy atom. The molecule has 1 aromatic carbocycles. The van der Waals surface area contributed by atoms with E-state index in [1.807, 2.05) is 24.3 Å². The number of halogens is 1. The lowest BCUT2D eigenvalue weighted by Crippen LogP contribution is -1.81. The molecule has 1 radical (unpaired) electrons. The summed E-state index contributed by atoms with van der Waals surface area (Å²) in [6, 6.07) is 7.61. The maximum absolute atomic E-state index is 5.43. The molecule has 4 heteroatoms. The lowest BCUT2D eigenvalue weighted by atomic mass is 10.3. The maximum atomic E-state index is 5.43. The van der Waals surface area contributed by atoms with Crippen molar-refractivity contribution in [2.45, 2.75) is 0 Å². The van der Waals surface area contributed by atoms with Crippen molar-refractivity contribution in [2.75, 3.05) is 0 Å². The van der Waals surface area contributed by atoms with E-state index in [1.54, 1.807) is 6.20 Å². The summed E-state index contributed by atoms with van der Waals surface area (Å²) in [4.78, 5) is 3.96. The van der Waals surface area contributed by atoms with Crippen LogP contribution in [-0.4, -0.2) is 4.98 Å². The van der Waals surface area contributed by atoms with Crippen molar-refractivity contribution in [1.82, 2.24) is 4.98 Å². The van der Waals surface area contributed by atoms with Crippen molar-refractivity contribution >= 4 is 27.3 Å². The molecule has 0 N–H and O–H groups in total. The molecule has 2 aromatic rings. The highest BCUT2D eigenvalue weighted by Gasteiger charge is 1.98. The largest absolute Gasteiger partial charge is 0.431 e. The third-order valence-electron chi connectivity index (χ3n) is 1.39. The first kappa shape index (κ1) is 8.72. The molecule has 2 nitrogen and oxygen atoms in total. The fourth-order valence-corrected chi connectivity index (χ4v) is 1.55. The Balaban J connectivity index is 2.15. The zero-order chi connectivity index (χ0) is 9.10. The monoisotopic (exact) mass is 254 g/mol. The van der Waals surface area contributed by atoms with Crippen LogP contribution in [0.15, 0.2) is 34.9 Å². The number of aromatic nitrogens is 1. The van der Waals surface area contributed by atoms with Crippen LogP contribution in [0.25, 0.3) is 0 Å². The van der Waals surface area contributed by atoms with Crippen molar-refractivity contribution in [3.63, 3.8) is 0 Å². The molecule has 0 bridgehead atoms. The van der Waals surface area contributed by atoms with Crippen LogP contribution in [0.4, 0.5) is 0 Å². The number of rotatable bonds is 2. The lowest BCUT2D eigenvalue weighted by molar-refractivity contribution is 0.479. The van der Waals surface area contributed by atoms with Crippen LogP contribution in [0, 0.1) is 5.38 Å². The van der Waals surface area contributed by atoms with E-state index >= 15 is 0 Å². The predicted molar refractivity (Wildman–Crippen MR) is 55.2 cm³/mol. The number of hydrogen-bond acceptors (Lipinski definition) is 3. The van der Waals surface area contributed by atoms with E-state index < -0.39 is 0 Å². The van der Waals surface area contributed by atoms with E-state index in [1.165, 1.54) is 11.3 Å². The van der Waals surface area contributed by atoms with E-state index in [4.69, 9.17) is 4.74 Å². The summed E-state index contributed by atoms with van der Waals surface area (Å²) < 4.78 is 6.46. The van der Waals surface area contributed by atoms with Gasteiger partial charge in [-0.05, 0) is 24.3 Å². The van der Waals surface area contributed by atoms with Gasteiger partial charge in [0.1, 0.15) is 5.75 Å². The van der Waals surface area contributed by atoms with Crippen LogP contribution >= 0.6 is 27.3 Å². The number of thiazole rings is 1. The predicted octanol–water partition coefficient (Wildman–Crippen LogP) is 3.50. The minimum absolute atomic E-state index is 0.613. The zero-order valence-electron chi connectivity index (χ0n) is 6.53. The summed E-state index contributed by atoms with van der Waals surface area (Å²) in [7, 11) is 0. The normalized spacial score (nSPS) is 9.92. The summed E-state index contributed by atoms with van der Waals surface area (Å²) in [5.41, 5.74) is 0. The van der Waals surface area contributed by atoms with Crippen LogP contribution < -0.4 is 4.74 Å². The summed E-state index contributed by atoms with van der Waals surface area (Å²) in [5, 5.41) is 3.47. The highest BCUT2D eigenvalue weighted by molar-refractivity contribution is 9.10. The quantitative estimate of drug-likeness (QED) is 0.819. The third-order valence-corrected chi connectivity index (χ3v) is 2.50. The van der Waals surface area contributed by atoms with Crippen molar-refractivity contribution in [3.05, 3.63) is 40.3 Å². The first-order valence-corrected chi connectivity index (χ1v) is 5.21. The van der Waals surface area contributed by atoms with Gasteiger partial charge >= 0.3 is 0 Å². The average molecular weight is 255 g/mol. The molecule has 0 aliphatic heterocycles. The van der Waals surface area contributed by atoms with Crippen LogP contribution in [0.1, 0.15) is 0 Å². The Morgan fingerprint density at radius 2 is 2.08 bits per heavy atom. The van der Waals surface area contributed by atoms with Gasteiger partial charge in [0.25, 0.3) is 5.19 Å². The summed E-state index contributed by atoms with van der Waals surface area (Å²) in [6.45, 7) is 0. The molecule has 0 atom stereocenters. The Kier molecular flexibility index (Phi) is 2.61. The highest BCUT2D eigenvalue weighted by atomic mass is 79.9. The van der Waals surface area contributed by atoms with Crippen LogP contribution in [0.2, 0.25) is 0 Å². The first-order valence-electron chi connectivity index (χ1n) is 3.60. The molecular weight excluding hydrogens is 250 g/mol. The van der Waals surface area contributed by atoms with Crippen LogP contribution in [-0.2, 0) is 0 Å². The fourth-order valence-electron chi connectivity index (χ4n) is 0.833. The standard InChI is InChI=1S/C9H5BrNOS/c10-7-1-3-8(4-2-7)12-9-11-5-6-13-9/h1-5H. The van der Waals surface area contributed by atoms with Gasteiger partial charge in [-0.1, -0.05) is 27.3 Å².